The highest BCUT2D eigenvalue weighted by Gasteiger charge is 2.54. The summed E-state index contributed by atoms with van der Waals surface area (Å²) in [5.74, 6) is 1.14. The molecular formula is C12H12ClNO. The molecule has 2 nitrogen and oxygen atoms in total. The molecule has 0 aliphatic heterocycles. The summed E-state index contributed by atoms with van der Waals surface area (Å²) in [5.41, 5.74) is 0.545. The number of methoxy groups -OCH3 is 1. The molecule has 0 aromatic heterocycles. The van der Waals surface area contributed by atoms with Gasteiger partial charge in [0.05, 0.1) is 18.6 Å². The number of benzene rings is 1. The van der Waals surface area contributed by atoms with E-state index in [0.29, 0.717) is 10.9 Å². The Morgan fingerprint density at radius 3 is 2.73 bits per heavy atom. The summed E-state index contributed by atoms with van der Waals surface area (Å²) in [7, 11) is 1.62. The molecule has 2 rings (SSSR count). The van der Waals surface area contributed by atoms with Gasteiger partial charge in [-0.3, -0.25) is 0 Å². The molecule has 0 amide bonds. The minimum absolute atomic E-state index is 0.379. The Morgan fingerprint density at radius 2 is 2.27 bits per heavy atom. The maximum Gasteiger partial charge on any atom is 0.123 e. The predicted octanol–water partition coefficient (Wildman–Crippen LogP) is 3.15. The van der Waals surface area contributed by atoms with Gasteiger partial charge in [-0.05, 0) is 30.5 Å². The predicted molar refractivity (Wildman–Crippen MR) is 59.1 cm³/mol. The summed E-state index contributed by atoms with van der Waals surface area (Å²) in [4.78, 5) is 0. The molecule has 0 N–H and O–H groups in total. The van der Waals surface area contributed by atoms with E-state index in [1.54, 1.807) is 13.2 Å². The van der Waals surface area contributed by atoms with Crippen molar-refractivity contribution >= 4 is 11.6 Å². The molecule has 0 spiro atoms. The molecule has 78 valence electrons. The third-order valence-electron chi connectivity index (χ3n) is 3.15. The van der Waals surface area contributed by atoms with Crippen LogP contribution in [0.1, 0.15) is 18.9 Å². The standard InChI is InChI=1S/C12H12ClNO/c1-8-6-12(8,7-14)10-5-9(13)3-4-11(10)15-2/h3-5,8H,6H2,1-2H3. The maximum absolute atomic E-state index is 9.24. The zero-order valence-corrected chi connectivity index (χ0v) is 9.51. The van der Waals surface area contributed by atoms with Gasteiger partial charge in [-0.25, -0.2) is 0 Å². The van der Waals surface area contributed by atoms with Crippen molar-refractivity contribution in [2.24, 2.45) is 5.92 Å². The van der Waals surface area contributed by atoms with Crippen LogP contribution in [0.3, 0.4) is 0 Å². The highest BCUT2D eigenvalue weighted by molar-refractivity contribution is 6.30. The van der Waals surface area contributed by atoms with Crippen molar-refractivity contribution in [1.29, 1.82) is 5.26 Å². The molecule has 1 aromatic carbocycles. The van der Waals surface area contributed by atoms with E-state index in [2.05, 4.69) is 13.0 Å². The average Bonchev–Trinajstić information content (AvgIpc) is 2.91. The first kappa shape index (κ1) is 10.3. The van der Waals surface area contributed by atoms with Gasteiger partial charge in [0, 0.05) is 10.6 Å². The highest BCUT2D eigenvalue weighted by atomic mass is 35.5. The van der Waals surface area contributed by atoms with Gasteiger partial charge < -0.3 is 4.74 Å². The van der Waals surface area contributed by atoms with Gasteiger partial charge in [-0.15, -0.1) is 0 Å². The van der Waals surface area contributed by atoms with Gasteiger partial charge in [-0.2, -0.15) is 5.26 Å². The molecule has 15 heavy (non-hydrogen) atoms. The van der Waals surface area contributed by atoms with Crippen LogP contribution in [0.25, 0.3) is 0 Å². The van der Waals surface area contributed by atoms with Crippen LogP contribution in [0.2, 0.25) is 5.02 Å². The Balaban J connectivity index is 2.52. The molecule has 1 fully saturated rings. The average molecular weight is 222 g/mol. The molecule has 0 saturated heterocycles. The van der Waals surface area contributed by atoms with Crippen molar-refractivity contribution in [1.82, 2.24) is 0 Å². The number of ether oxygens (including phenoxy) is 1. The molecule has 0 bridgehead atoms. The van der Waals surface area contributed by atoms with Crippen molar-refractivity contribution in [3.8, 4) is 11.8 Å². The van der Waals surface area contributed by atoms with Crippen molar-refractivity contribution in [3.63, 3.8) is 0 Å². The van der Waals surface area contributed by atoms with Crippen LogP contribution in [-0.4, -0.2) is 7.11 Å². The van der Waals surface area contributed by atoms with Gasteiger partial charge in [0.2, 0.25) is 0 Å². The maximum atomic E-state index is 9.24. The second kappa shape index (κ2) is 3.43. The van der Waals surface area contributed by atoms with E-state index in [1.165, 1.54) is 0 Å². The summed E-state index contributed by atoms with van der Waals surface area (Å²) in [6.07, 6.45) is 0.889. The zero-order valence-electron chi connectivity index (χ0n) is 8.75. The van der Waals surface area contributed by atoms with E-state index in [4.69, 9.17) is 16.3 Å². The zero-order chi connectivity index (χ0) is 11.1. The lowest BCUT2D eigenvalue weighted by atomic mass is 9.94. The van der Waals surface area contributed by atoms with E-state index >= 15 is 0 Å². The number of nitrogens with zero attached hydrogens (tertiary/aromatic N) is 1. The van der Waals surface area contributed by atoms with Gasteiger partial charge in [0.15, 0.2) is 0 Å². The molecule has 2 atom stereocenters. The quantitative estimate of drug-likeness (QED) is 0.769. The molecule has 1 saturated carbocycles. The van der Waals surface area contributed by atoms with Crippen LogP contribution in [0.5, 0.6) is 5.75 Å². The topological polar surface area (TPSA) is 33.0 Å². The number of hydrogen-bond acceptors (Lipinski definition) is 2. The van der Waals surface area contributed by atoms with Crippen molar-refractivity contribution in [2.75, 3.05) is 7.11 Å². The van der Waals surface area contributed by atoms with Crippen molar-refractivity contribution in [3.05, 3.63) is 28.8 Å². The first-order valence-corrected chi connectivity index (χ1v) is 5.27. The van der Waals surface area contributed by atoms with Crippen molar-refractivity contribution in [2.45, 2.75) is 18.8 Å². The molecule has 1 aromatic rings. The van der Waals surface area contributed by atoms with Crippen LogP contribution in [0.4, 0.5) is 0 Å². The Hall–Kier alpha value is -1.20. The minimum atomic E-state index is -0.379. The Morgan fingerprint density at radius 1 is 1.60 bits per heavy atom. The number of rotatable bonds is 2. The van der Waals surface area contributed by atoms with E-state index in [9.17, 15) is 5.26 Å². The van der Waals surface area contributed by atoms with Gasteiger partial charge in [-0.1, -0.05) is 18.5 Å². The fraction of sp³-hybridized carbons (Fsp3) is 0.417. The first-order valence-electron chi connectivity index (χ1n) is 4.89. The monoisotopic (exact) mass is 221 g/mol. The SMILES string of the molecule is COc1ccc(Cl)cc1C1(C#N)CC1C. The lowest BCUT2D eigenvalue weighted by molar-refractivity contribution is 0.406. The fourth-order valence-corrected chi connectivity index (χ4v) is 2.22. The largest absolute Gasteiger partial charge is 0.496 e. The van der Waals surface area contributed by atoms with E-state index in [0.717, 1.165) is 17.7 Å². The summed E-state index contributed by atoms with van der Waals surface area (Å²) >= 11 is 5.95. The molecule has 1 aliphatic rings. The van der Waals surface area contributed by atoms with E-state index in [-0.39, 0.29) is 5.41 Å². The highest BCUT2D eigenvalue weighted by Crippen LogP contribution is 2.56. The lowest BCUT2D eigenvalue weighted by Gasteiger charge is -2.13. The molecule has 3 heteroatoms. The Bertz CT molecular complexity index is 438. The number of nitriles is 1. The summed E-state index contributed by atoms with van der Waals surface area (Å²) in [6.45, 7) is 2.07. The summed E-state index contributed by atoms with van der Waals surface area (Å²) < 4.78 is 5.27. The van der Waals surface area contributed by atoms with Gasteiger partial charge in [0.25, 0.3) is 0 Å². The first-order chi connectivity index (χ1) is 7.14. The molecule has 1 aliphatic carbocycles. The minimum Gasteiger partial charge on any atom is -0.496 e. The van der Waals surface area contributed by atoms with Gasteiger partial charge >= 0.3 is 0 Å². The van der Waals surface area contributed by atoms with Crippen LogP contribution < -0.4 is 4.74 Å². The third-order valence-corrected chi connectivity index (χ3v) is 3.39. The van der Waals surface area contributed by atoms with Crippen LogP contribution in [0.15, 0.2) is 18.2 Å². The molecule has 2 unspecified atom stereocenters. The van der Waals surface area contributed by atoms with Gasteiger partial charge in [0.1, 0.15) is 5.75 Å². The second-order valence-electron chi connectivity index (χ2n) is 4.03. The van der Waals surface area contributed by atoms with Crippen LogP contribution in [0, 0.1) is 17.2 Å². The third kappa shape index (κ3) is 1.48. The van der Waals surface area contributed by atoms with Crippen LogP contribution in [-0.2, 0) is 5.41 Å². The Kier molecular flexibility index (Phi) is 2.36. The Labute approximate surface area is 94.4 Å². The molecule has 0 heterocycles. The van der Waals surface area contributed by atoms with E-state index < -0.39 is 0 Å². The smallest absolute Gasteiger partial charge is 0.123 e. The fourth-order valence-electron chi connectivity index (χ4n) is 2.04. The molecule has 0 radical (unpaired) electrons. The van der Waals surface area contributed by atoms with E-state index in [1.807, 2.05) is 12.1 Å². The normalized spacial score (nSPS) is 28.3. The summed E-state index contributed by atoms with van der Waals surface area (Å²) in [6, 6.07) is 7.82. The van der Waals surface area contributed by atoms with Crippen molar-refractivity contribution < 1.29 is 4.74 Å². The summed E-state index contributed by atoms with van der Waals surface area (Å²) in [5, 5.41) is 9.89. The second-order valence-corrected chi connectivity index (χ2v) is 4.47. The van der Waals surface area contributed by atoms with Crippen LogP contribution >= 0.6 is 11.6 Å². The number of hydrogen-bond donors (Lipinski definition) is 0. The lowest BCUT2D eigenvalue weighted by Crippen LogP contribution is -2.08. The number of halogens is 1. The molecular weight excluding hydrogens is 210 g/mol.